The van der Waals surface area contributed by atoms with E-state index in [1.165, 1.54) is 5.56 Å². The Kier molecular flexibility index (Phi) is 5.23. The minimum Gasteiger partial charge on any atom is -0.497 e. The lowest BCUT2D eigenvalue weighted by atomic mass is 10.0. The van der Waals surface area contributed by atoms with Crippen molar-refractivity contribution in [2.24, 2.45) is 5.73 Å². The summed E-state index contributed by atoms with van der Waals surface area (Å²) >= 11 is 0. The summed E-state index contributed by atoms with van der Waals surface area (Å²) in [6.07, 6.45) is 0.951. The highest BCUT2D eigenvalue weighted by Crippen LogP contribution is 2.29. The fourth-order valence-electron chi connectivity index (χ4n) is 2.43. The van der Waals surface area contributed by atoms with Crippen LogP contribution in [0.3, 0.4) is 0 Å². The van der Waals surface area contributed by atoms with Crippen molar-refractivity contribution in [1.29, 1.82) is 0 Å². The molecule has 2 N–H and O–H groups in total. The topological polar surface area (TPSA) is 38.5 Å². The first-order valence-corrected chi connectivity index (χ1v) is 7.46. The first-order chi connectivity index (χ1) is 10.2. The Bertz CT molecular complexity index is 566. The molecule has 21 heavy (non-hydrogen) atoms. The summed E-state index contributed by atoms with van der Waals surface area (Å²) in [6, 6.07) is 16.7. The lowest BCUT2D eigenvalue weighted by Gasteiger charge is -2.24. The van der Waals surface area contributed by atoms with Crippen molar-refractivity contribution in [2.45, 2.75) is 26.3 Å². The first-order valence-electron chi connectivity index (χ1n) is 7.46. The third-order valence-corrected chi connectivity index (χ3v) is 3.75. The number of nitrogens with zero attached hydrogens (tertiary/aromatic N) is 1. The molecule has 1 unspecified atom stereocenters. The van der Waals surface area contributed by atoms with E-state index in [2.05, 4.69) is 55.1 Å². The second-order valence-corrected chi connectivity index (χ2v) is 5.05. The highest BCUT2D eigenvalue weighted by molar-refractivity contribution is 5.64. The van der Waals surface area contributed by atoms with Gasteiger partial charge in [-0.3, -0.25) is 0 Å². The normalized spacial score (nSPS) is 12.0. The van der Waals surface area contributed by atoms with Crippen LogP contribution in [-0.4, -0.2) is 13.7 Å². The maximum Gasteiger partial charge on any atom is 0.120 e. The maximum absolute atomic E-state index is 6.07. The average molecular weight is 284 g/mol. The molecule has 0 fully saturated rings. The maximum atomic E-state index is 6.07. The molecule has 0 aliphatic carbocycles. The Labute approximate surface area is 127 Å². The van der Waals surface area contributed by atoms with Crippen LogP contribution in [0.4, 0.5) is 11.4 Å². The summed E-state index contributed by atoms with van der Waals surface area (Å²) in [6.45, 7) is 5.14. The monoisotopic (exact) mass is 284 g/mol. The first kappa shape index (κ1) is 15.4. The van der Waals surface area contributed by atoms with Crippen LogP contribution >= 0.6 is 0 Å². The SMILES string of the molecule is CCC(N)c1ccc(N(CC)c2cccc(OC)c2)cc1. The van der Waals surface area contributed by atoms with Gasteiger partial charge in [-0.2, -0.15) is 0 Å². The van der Waals surface area contributed by atoms with Crippen LogP contribution < -0.4 is 15.4 Å². The van der Waals surface area contributed by atoms with Gasteiger partial charge in [0.2, 0.25) is 0 Å². The van der Waals surface area contributed by atoms with Gasteiger partial charge in [-0.05, 0) is 43.2 Å². The Morgan fingerprint density at radius 1 is 1.05 bits per heavy atom. The molecular weight excluding hydrogens is 260 g/mol. The van der Waals surface area contributed by atoms with E-state index >= 15 is 0 Å². The number of hydrogen-bond donors (Lipinski definition) is 1. The number of hydrogen-bond acceptors (Lipinski definition) is 3. The minimum atomic E-state index is 0.117. The van der Waals surface area contributed by atoms with Gasteiger partial charge in [-0.15, -0.1) is 0 Å². The lowest BCUT2D eigenvalue weighted by Crippen LogP contribution is -2.16. The summed E-state index contributed by atoms with van der Waals surface area (Å²) in [4.78, 5) is 2.25. The standard InChI is InChI=1S/C18H24N2O/c1-4-18(19)14-9-11-15(12-10-14)20(5-2)16-7-6-8-17(13-16)21-3/h6-13,18H,4-5,19H2,1-3H3. The molecule has 0 bridgehead atoms. The van der Waals surface area contributed by atoms with Gasteiger partial charge in [-0.1, -0.05) is 25.1 Å². The quantitative estimate of drug-likeness (QED) is 0.861. The molecule has 0 saturated carbocycles. The van der Waals surface area contributed by atoms with Crippen molar-refractivity contribution in [3.8, 4) is 5.75 Å². The van der Waals surface area contributed by atoms with Gasteiger partial charge in [0.25, 0.3) is 0 Å². The van der Waals surface area contributed by atoms with Gasteiger partial charge in [0.15, 0.2) is 0 Å². The van der Waals surface area contributed by atoms with E-state index in [9.17, 15) is 0 Å². The molecule has 2 aromatic rings. The Hall–Kier alpha value is -2.00. The number of nitrogens with two attached hydrogens (primary N) is 1. The predicted molar refractivity (Wildman–Crippen MR) is 89.3 cm³/mol. The van der Waals surface area contributed by atoms with Gasteiger partial charge in [0.1, 0.15) is 5.75 Å². The molecule has 1 atom stereocenters. The summed E-state index contributed by atoms with van der Waals surface area (Å²) in [5.74, 6) is 0.871. The van der Waals surface area contributed by atoms with E-state index in [1.54, 1.807) is 7.11 Å². The van der Waals surface area contributed by atoms with E-state index in [1.807, 2.05) is 12.1 Å². The van der Waals surface area contributed by atoms with E-state index < -0.39 is 0 Å². The Morgan fingerprint density at radius 3 is 2.33 bits per heavy atom. The zero-order valence-corrected chi connectivity index (χ0v) is 13.0. The molecule has 0 radical (unpaired) electrons. The lowest BCUT2D eigenvalue weighted by molar-refractivity contribution is 0.415. The molecule has 3 nitrogen and oxygen atoms in total. The average Bonchev–Trinajstić information content (AvgIpc) is 2.55. The molecule has 0 aliphatic rings. The van der Waals surface area contributed by atoms with Crippen LogP contribution in [-0.2, 0) is 0 Å². The van der Waals surface area contributed by atoms with Crippen LogP contribution in [0.1, 0.15) is 31.9 Å². The van der Waals surface area contributed by atoms with Crippen molar-refractivity contribution < 1.29 is 4.74 Å². The number of methoxy groups -OCH3 is 1. The van der Waals surface area contributed by atoms with Gasteiger partial charge < -0.3 is 15.4 Å². The molecule has 112 valence electrons. The molecule has 0 spiro atoms. The zero-order valence-electron chi connectivity index (χ0n) is 13.0. The smallest absolute Gasteiger partial charge is 0.120 e. The molecule has 0 aromatic heterocycles. The highest BCUT2D eigenvalue weighted by Gasteiger charge is 2.09. The minimum absolute atomic E-state index is 0.117. The van der Waals surface area contributed by atoms with Gasteiger partial charge in [0.05, 0.1) is 7.11 Å². The van der Waals surface area contributed by atoms with Crippen LogP contribution in [0.15, 0.2) is 48.5 Å². The number of rotatable bonds is 6. The van der Waals surface area contributed by atoms with Crippen molar-refractivity contribution in [2.75, 3.05) is 18.6 Å². The number of benzene rings is 2. The zero-order chi connectivity index (χ0) is 15.2. The third kappa shape index (κ3) is 3.56. The summed E-state index contributed by atoms with van der Waals surface area (Å²) < 4.78 is 5.31. The van der Waals surface area contributed by atoms with E-state index in [0.717, 1.165) is 30.1 Å². The fraction of sp³-hybridized carbons (Fsp3) is 0.333. The summed E-state index contributed by atoms with van der Waals surface area (Å²) in [5.41, 5.74) is 9.55. The molecule has 3 heteroatoms. The van der Waals surface area contributed by atoms with Crippen LogP contribution in [0.2, 0.25) is 0 Å². The molecule has 0 aliphatic heterocycles. The second kappa shape index (κ2) is 7.14. The van der Waals surface area contributed by atoms with Crippen molar-refractivity contribution in [3.05, 3.63) is 54.1 Å². The van der Waals surface area contributed by atoms with E-state index in [0.29, 0.717) is 0 Å². The summed E-state index contributed by atoms with van der Waals surface area (Å²) in [5, 5.41) is 0. The van der Waals surface area contributed by atoms with Gasteiger partial charge >= 0.3 is 0 Å². The van der Waals surface area contributed by atoms with Gasteiger partial charge in [0, 0.05) is 30.0 Å². The molecule has 2 aromatic carbocycles. The third-order valence-electron chi connectivity index (χ3n) is 3.75. The molecule has 2 rings (SSSR count). The largest absolute Gasteiger partial charge is 0.497 e. The predicted octanol–water partition coefficient (Wildman–Crippen LogP) is 4.26. The van der Waals surface area contributed by atoms with Crippen LogP contribution in [0, 0.1) is 0 Å². The van der Waals surface area contributed by atoms with Crippen molar-refractivity contribution >= 4 is 11.4 Å². The van der Waals surface area contributed by atoms with Crippen molar-refractivity contribution in [1.82, 2.24) is 0 Å². The molecule has 0 amide bonds. The van der Waals surface area contributed by atoms with Gasteiger partial charge in [-0.25, -0.2) is 0 Å². The molecule has 0 saturated heterocycles. The van der Waals surface area contributed by atoms with Crippen LogP contribution in [0.5, 0.6) is 5.75 Å². The number of ether oxygens (including phenoxy) is 1. The molecule has 0 heterocycles. The van der Waals surface area contributed by atoms with Crippen LogP contribution in [0.25, 0.3) is 0 Å². The van der Waals surface area contributed by atoms with Crippen molar-refractivity contribution in [3.63, 3.8) is 0 Å². The Morgan fingerprint density at radius 2 is 1.76 bits per heavy atom. The fourth-order valence-corrected chi connectivity index (χ4v) is 2.43. The Balaban J connectivity index is 2.28. The summed E-state index contributed by atoms with van der Waals surface area (Å²) in [7, 11) is 1.69. The molecular formula is C18H24N2O. The number of anilines is 2. The van der Waals surface area contributed by atoms with E-state index in [-0.39, 0.29) is 6.04 Å². The highest BCUT2D eigenvalue weighted by atomic mass is 16.5. The second-order valence-electron chi connectivity index (χ2n) is 5.05. The van der Waals surface area contributed by atoms with E-state index in [4.69, 9.17) is 10.5 Å².